The van der Waals surface area contributed by atoms with E-state index in [9.17, 15) is 25.9 Å². The maximum absolute atomic E-state index is 12.0. The fraction of sp³-hybridized carbons (Fsp3) is 0.615. The normalized spacial score (nSPS) is 11.8. The van der Waals surface area contributed by atoms with Crippen molar-refractivity contribution >= 4 is 79.5 Å². The molecule has 0 bridgehead atoms. The topological polar surface area (TPSA) is 114 Å². The van der Waals surface area contributed by atoms with Crippen molar-refractivity contribution in [1.29, 1.82) is 0 Å². The van der Waals surface area contributed by atoms with Crippen LogP contribution < -0.4 is 0 Å². The van der Waals surface area contributed by atoms with Gasteiger partial charge in [0.05, 0.1) is 9.79 Å². The van der Waals surface area contributed by atoms with Gasteiger partial charge in [0.15, 0.2) is 0 Å². The Hall–Kier alpha value is -1.52. The number of fused-ring (bicyclic) bond motifs is 2. The van der Waals surface area contributed by atoms with Gasteiger partial charge in [-0.2, -0.15) is 0 Å². The van der Waals surface area contributed by atoms with Gasteiger partial charge in [0, 0.05) is 0 Å². The molecule has 0 fully saturated rings. The van der Waals surface area contributed by atoms with Gasteiger partial charge in [-0.05, 0) is 119 Å². The van der Waals surface area contributed by atoms with Gasteiger partial charge in [0.1, 0.15) is 20.2 Å². The summed E-state index contributed by atoms with van der Waals surface area (Å²) in [5.41, 5.74) is 3.67. The molecule has 336 valence electrons. The molecular weight excluding hydrogens is 825 g/mol. The van der Waals surface area contributed by atoms with Crippen molar-refractivity contribution in [3.8, 4) is 0 Å². The quantitative estimate of drug-likeness (QED) is 0.0292. The molecule has 6 nitrogen and oxygen atoms in total. The van der Waals surface area contributed by atoms with Crippen LogP contribution in [0, 0.1) is 0 Å². The second kappa shape index (κ2) is 31.4. The Morgan fingerprint density at radius 1 is 0.361 bits per heavy atom. The number of benzene rings is 4. The smallest absolute Gasteiger partial charge is 0.744 e. The molecule has 4 aromatic carbocycles. The van der Waals surface area contributed by atoms with Gasteiger partial charge in [-0.1, -0.05) is 193 Å². The first kappa shape index (κ1) is 55.6. The van der Waals surface area contributed by atoms with Gasteiger partial charge in [-0.25, -0.2) is 16.8 Å². The van der Waals surface area contributed by atoms with Crippen molar-refractivity contribution in [2.75, 3.05) is 0 Å². The monoisotopic (exact) mass is 902 g/mol. The first-order valence-electron chi connectivity index (χ1n) is 23.9. The predicted molar refractivity (Wildman–Crippen MR) is 258 cm³/mol. The average Bonchev–Trinajstić information content (AvgIpc) is 3.22. The summed E-state index contributed by atoms with van der Waals surface area (Å²) in [4.78, 5) is -0.0297. The molecule has 9 heteroatoms. The van der Waals surface area contributed by atoms with Crippen molar-refractivity contribution in [2.24, 2.45) is 0 Å². The minimum Gasteiger partial charge on any atom is -0.744 e. The first-order chi connectivity index (χ1) is 28.9. The fourth-order valence-electron chi connectivity index (χ4n) is 8.51. The van der Waals surface area contributed by atoms with Gasteiger partial charge in [0.2, 0.25) is 0 Å². The van der Waals surface area contributed by atoms with E-state index in [1.54, 1.807) is 12.1 Å². The molecular formula is C52H78CaO6S2. The molecule has 4 rings (SSSR count). The van der Waals surface area contributed by atoms with Gasteiger partial charge < -0.3 is 9.11 Å². The molecule has 0 aliphatic heterocycles. The molecule has 0 atom stereocenters. The van der Waals surface area contributed by atoms with Crippen LogP contribution in [0.25, 0.3) is 21.5 Å². The van der Waals surface area contributed by atoms with Gasteiger partial charge in [-0.3, -0.25) is 0 Å². The Labute approximate surface area is 402 Å². The standard InChI is InChI=1S/2C26H40O3S.Ca/c2*1-3-5-7-9-11-13-16-22-18-15-19-23-20-24(17-14-12-10-8-6-4-2)26(21-25(22)23)30(27,28)29;/h2*15,18-21H,3-14,16-17H2,1-2H3,(H,27,28,29);/q;;+2/p-2. The molecule has 0 radical (unpaired) electrons. The molecule has 0 amide bonds. The van der Waals surface area contributed by atoms with Gasteiger partial charge in [-0.15, -0.1) is 0 Å². The van der Waals surface area contributed by atoms with Gasteiger partial charge in [0.25, 0.3) is 0 Å². The van der Waals surface area contributed by atoms with Crippen LogP contribution >= 0.6 is 0 Å². The Morgan fingerprint density at radius 3 is 0.902 bits per heavy atom. The molecule has 0 unspecified atom stereocenters. The van der Waals surface area contributed by atoms with Crippen LogP contribution in [0.5, 0.6) is 0 Å². The summed E-state index contributed by atoms with van der Waals surface area (Å²) in [5, 5.41) is 3.94. The fourth-order valence-corrected chi connectivity index (χ4v) is 10.00. The van der Waals surface area contributed by atoms with E-state index in [1.165, 1.54) is 116 Å². The van der Waals surface area contributed by atoms with E-state index in [1.807, 2.05) is 24.3 Å². The Kier molecular flexibility index (Phi) is 28.6. The minimum absolute atomic E-state index is 0. The van der Waals surface area contributed by atoms with E-state index >= 15 is 0 Å². The number of aryl methyl sites for hydroxylation is 4. The third-order valence-electron chi connectivity index (χ3n) is 12.0. The van der Waals surface area contributed by atoms with Crippen LogP contribution in [0.3, 0.4) is 0 Å². The maximum atomic E-state index is 12.0. The minimum atomic E-state index is -4.48. The van der Waals surface area contributed by atoms with Crippen molar-refractivity contribution in [1.82, 2.24) is 0 Å². The molecule has 0 N–H and O–H groups in total. The summed E-state index contributed by atoms with van der Waals surface area (Å²) < 4.78 is 71.9. The Bertz CT molecular complexity index is 1900. The van der Waals surface area contributed by atoms with Crippen molar-refractivity contribution in [2.45, 2.75) is 217 Å². The van der Waals surface area contributed by atoms with Crippen molar-refractivity contribution < 1.29 is 25.9 Å². The summed E-state index contributed by atoms with van der Waals surface area (Å²) in [6, 6.07) is 19.5. The number of rotatable bonds is 30. The summed E-state index contributed by atoms with van der Waals surface area (Å²) in [6.45, 7) is 8.83. The summed E-state index contributed by atoms with van der Waals surface area (Å²) in [7, 11) is -8.96. The third-order valence-corrected chi connectivity index (χ3v) is 13.9. The number of unbranched alkanes of at least 4 members (excludes halogenated alkanes) is 20. The van der Waals surface area contributed by atoms with Crippen molar-refractivity contribution in [3.05, 3.63) is 82.9 Å². The number of hydrogen-bond donors (Lipinski definition) is 0. The van der Waals surface area contributed by atoms with E-state index < -0.39 is 20.2 Å². The van der Waals surface area contributed by atoms with E-state index in [2.05, 4.69) is 52.0 Å². The second-order valence-electron chi connectivity index (χ2n) is 17.2. The maximum Gasteiger partial charge on any atom is 2.00 e. The summed E-state index contributed by atoms with van der Waals surface area (Å²) in [6.07, 6.45) is 31.6. The molecule has 0 heterocycles. The van der Waals surface area contributed by atoms with Crippen LogP contribution in [0.4, 0.5) is 0 Å². The summed E-state index contributed by atoms with van der Waals surface area (Å²) in [5.74, 6) is 0. The SMILES string of the molecule is CCCCCCCCc1cc2cccc(CCCCCCCC)c2cc1S(=O)(=O)[O-].CCCCCCCCc1cc2cccc(CCCCCCCC)c2cc1S(=O)(=O)[O-].[Ca+2]. The predicted octanol–water partition coefficient (Wildman–Crippen LogP) is 14.7. The van der Waals surface area contributed by atoms with Crippen LogP contribution in [0.2, 0.25) is 0 Å². The van der Waals surface area contributed by atoms with Gasteiger partial charge >= 0.3 is 37.7 Å². The zero-order chi connectivity index (χ0) is 43.6. The van der Waals surface area contributed by atoms with E-state index in [4.69, 9.17) is 0 Å². The van der Waals surface area contributed by atoms with E-state index in [-0.39, 0.29) is 47.5 Å². The van der Waals surface area contributed by atoms with Crippen LogP contribution in [0.1, 0.15) is 204 Å². The summed E-state index contributed by atoms with van der Waals surface area (Å²) >= 11 is 0. The van der Waals surface area contributed by atoms with Crippen molar-refractivity contribution in [3.63, 3.8) is 0 Å². The average molecular weight is 903 g/mol. The Morgan fingerprint density at radius 2 is 0.623 bits per heavy atom. The Balaban J connectivity index is 0.000000413. The number of hydrogen-bond acceptors (Lipinski definition) is 6. The molecule has 0 saturated heterocycles. The molecule has 0 spiro atoms. The van der Waals surface area contributed by atoms with E-state index in [0.29, 0.717) is 24.0 Å². The van der Waals surface area contributed by atoms with Crippen LogP contribution in [-0.2, 0) is 45.9 Å². The molecule has 0 aromatic heterocycles. The largest absolute Gasteiger partial charge is 2.00 e. The zero-order valence-electron chi connectivity index (χ0n) is 38.5. The van der Waals surface area contributed by atoms with Crippen LogP contribution in [-0.4, -0.2) is 63.7 Å². The van der Waals surface area contributed by atoms with E-state index in [0.717, 1.165) is 84.0 Å². The molecule has 0 aliphatic rings. The molecule has 61 heavy (non-hydrogen) atoms. The molecule has 0 aliphatic carbocycles. The molecule has 4 aromatic rings. The second-order valence-corrected chi connectivity index (χ2v) is 19.9. The third kappa shape index (κ3) is 20.9. The molecule has 0 saturated carbocycles. The van der Waals surface area contributed by atoms with Crippen LogP contribution in [0.15, 0.2) is 70.5 Å². The zero-order valence-corrected chi connectivity index (χ0v) is 42.4. The first-order valence-corrected chi connectivity index (χ1v) is 26.8.